The van der Waals surface area contributed by atoms with Crippen LogP contribution < -0.4 is 0 Å². The van der Waals surface area contributed by atoms with Crippen LogP contribution in [0.4, 0.5) is 0 Å². The van der Waals surface area contributed by atoms with E-state index in [0.717, 1.165) is 37.4 Å². The summed E-state index contributed by atoms with van der Waals surface area (Å²) in [6.45, 7) is 0. The Morgan fingerprint density at radius 2 is 1.34 bits per heavy atom. The van der Waals surface area contributed by atoms with E-state index in [-0.39, 0.29) is 17.1 Å². The van der Waals surface area contributed by atoms with Gasteiger partial charge in [-0.1, -0.05) is 60.7 Å². The molecular formula is C30H18N2O2S. The fourth-order valence-corrected chi connectivity index (χ4v) is 5.94. The maximum Gasteiger partial charge on any atom is 0.197 e. The molecule has 4 aromatic carbocycles. The van der Waals surface area contributed by atoms with E-state index in [1.165, 1.54) is 22.1 Å². The van der Waals surface area contributed by atoms with Crippen molar-refractivity contribution in [2.45, 2.75) is 0 Å². The predicted octanol–water partition coefficient (Wildman–Crippen LogP) is 7.07. The number of carbonyl (C=O) groups is 2. The van der Waals surface area contributed by atoms with E-state index < -0.39 is 0 Å². The molecule has 0 fully saturated rings. The van der Waals surface area contributed by atoms with Gasteiger partial charge in [0.15, 0.2) is 11.6 Å². The summed E-state index contributed by atoms with van der Waals surface area (Å²) in [6.07, 6.45) is 1.72. The van der Waals surface area contributed by atoms with Gasteiger partial charge in [-0.15, -0.1) is 11.3 Å². The number of ketones is 2. The lowest BCUT2D eigenvalue weighted by molar-refractivity contribution is 0.0990. The molecule has 1 aliphatic rings. The molecule has 0 atom stereocenters. The molecule has 0 spiro atoms. The first-order chi connectivity index (χ1) is 17.1. The summed E-state index contributed by atoms with van der Waals surface area (Å²) in [6, 6.07) is 28.1. The molecule has 2 heterocycles. The maximum atomic E-state index is 13.1. The van der Waals surface area contributed by atoms with Gasteiger partial charge in [0.2, 0.25) is 0 Å². The first-order valence-corrected chi connectivity index (χ1v) is 12.2. The molecule has 1 aliphatic carbocycles. The zero-order valence-electron chi connectivity index (χ0n) is 18.8. The van der Waals surface area contributed by atoms with Gasteiger partial charge in [0.05, 0.1) is 11.1 Å². The van der Waals surface area contributed by atoms with Crippen LogP contribution in [-0.2, 0) is 7.05 Å². The average Bonchev–Trinajstić information content (AvgIpc) is 3.50. The van der Waals surface area contributed by atoms with E-state index in [2.05, 4.69) is 34.9 Å². The first-order valence-electron chi connectivity index (χ1n) is 11.4. The predicted molar refractivity (Wildman–Crippen MR) is 142 cm³/mol. The smallest absolute Gasteiger partial charge is 0.197 e. The molecule has 166 valence electrons. The van der Waals surface area contributed by atoms with Crippen molar-refractivity contribution in [1.82, 2.24) is 9.55 Å². The number of Topliss-reactive ketones (excluding diaryl/α,β-unsaturated/α-hetero) is 2. The number of hydrogen-bond donors (Lipinski definition) is 0. The largest absolute Gasteiger partial charge is 0.326 e. The average molecular weight is 471 g/mol. The lowest BCUT2D eigenvalue weighted by Gasteiger charge is -2.04. The van der Waals surface area contributed by atoms with Gasteiger partial charge in [0.1, 0.15) is 10.7 Å². The molecule has 0 radical (unpaired) electrons. The molecule has 35 heavy (non-hydrogen) atoms. The minimum atomic E-state index is -0.210. The second-order valence-corrected chi connectivity index (χ2v) is 9.92. The number of thiophene rings is 1. The Labute approximate surface area is 204 Å². The molecule has 0 aliphatic heterocycles. The van der Waals surface area contributed by atoms with Crippen LogP contribution in [-0.4, -0.2) is 21.1 Å². The molecule has 0 bridgehead atoms. The molecule has 4 nitrogen and oxygen atoms in total. The van der Waals surface area contributed by atoms with Crippen LogP contribution >= 0.6 is 11.3 Å². The number of rotatable bonds is 2. The van der Waals surface area contributed by atoms with Crippen LogP contribution in [0.25, 0.3) is 49.4 Å². The van der Waals surface area contributed by atoms with Crippen LogP contribution in [0, 0.1) is 0 Å². The molecular weight excluding hydrogens is 452 g/mol. The number of carbonyl (C=O) groups excluding carboxylic acids is 2. The Bertz CT molecular complexity index is 1850. The lowest BCUT2D eigenvalue weighted by atomic mass is 10.0. The van der Waals surface area contributed by atoms with Crippen LogP contribution in [0.2, 0.25) is 0 Å². The van der Waals surface area contributed by atoms with Crippen molar-refractivity contribution < 1.29 is 9.59 Å². The minimum absolute atomic E-state index is 0.210. The molecule has 0 unspecified atom stereocenters. The Morgan fingerprint density at radius 1 is 0.743 bits per heavy atom. The van der Waals surface area contributed by atoms with Crippen molar-refractivity contribution in [2.75, 3.05) is 0 Å². The summed E-state index contributed by atoms with van der Waals surface area (Å²) in [5, 5.41) is 4.29. The van der Waals surface area contributed by atoms with E-state index in [9.17, 15) is 9.59 Å². The summed E-state index contributed by atoms with van der Waals surface area (Å²) in [7, 11) is 2.00. The van der Waals surface area contributed by atoms with E-state index in [4.69, 9.17) is 4.98 Å². The van der Waals surface area contributed by atoms with Gasteiger partial charge in [-0.25, -0.2) is 4.98 Å². The van der Waals surface area contributed by atoms with Gasteiger partial charge in [-0.05, 0) is 51.9 Å². The second kappa shape index (κ2) is 7.32. The molecule has 7 rings (SSSR count). The summed E-state index contributed by atoms with van der Waals surface area (Å²) in [4.78, 5) is 32.8. The normalized spacial score (nSPS) is 13.3. The van der Waals surface area contributed by atoms with Gasteiger partial charge >= 0.3 is 0 Å². The van der Waals surface area contributed by atoms with Gasteiger partial charge < -0.3 is 4.57 Å². The molecule has 0 saturated heterocycles. The molecule has 5 heteroatoms. The fourth-order valence-electron chi connectivity index (χ4n) is 4.94. The number of allylic oxidation sites excluding steroid dienone is 1. The van der Waals surface area contributed by atoms with Crippen LogP contribution in [0.3, 0.4) is 0 Å². The van der Waals surface area contributed by atoms with Crippen molar-refractivity contribution in [3.63, 3.8) is 0 Å². The van der Waals surface area contributed by atoms with E-state index >= 15 is 0 Å². The number of hydrogen-bond acceptors (Lipinski definition) is 4. The zero-order valence-corrected chi connectivity index (χ0v) is 19.6. The highest BCUT2D eigenvalue weighted by molar-refractivity contribution is 7.19. The third kappa shape index (κ3) is 3.02. The van der Waals surface area contributed by atoms with Gasteiger partial charge in [0.25, 0.3) is 0 Å². The standard InChI is InChI=1S/C30H18N2O2S/c1-32-26-16-22(35-30(26)31-29(32)21-11-10-17-6-2-3-7-18(17)12-21)15-25-27(33)23-13-19-8-4-5-9-20(19)14-24(23)28(25)34/h2-16H,1H3. The molecule has 2 aromatic heterocycles. The topological polar surface area (TPSA) is 52.0 Å². The molecule has 0 N–H and O–H groups in total. The second-order valence-electron chi connectivity index (χ2n) is 8.86. The SMILES string of the molecule is Cn1c(-c2ccc3ccccc3c2)nc2sc(C=C3C(=O)c4cc5ccccc5cc4C3=O)cc21. The van der Waals surface area contributed by atoms with Crippen LogP contribution in [0.15, 0.2) is 90.5 Å². The number of fused-ring (bicyclic) bond motifs is 4. The van der Waals surface area contributed by atoms with E-state index in [1.807, 2.05) is 61.6 Å². The summed E-state index contributed by atoms with van der Waals surface area (Å²) >= 11 is 1.49. The number of benzene rings is 4. The van der Waals surface area contributed by atoms with Crippen molar-refractivity contribution >= 4 is 60.9 Å². The highest BCUT2D eigenvalue weighted by atomic mass is 32.1. The van der Waals surface area contributed by atoms with Crippen LogP contribution in [0.5, 0.6) is 0 Å². The maximum absolute atomic E-state index is 13.1. The summed E-state index contributed by atoms with van der Waals surface area (Å²) in [5.41, 5.74) is 3.22. The highest BCUT2D eigenvalue weighted by Crippen LogP contribution is 2.35. The fraction of sp³-hybridized carbons (Fsp3) is 0.0333. The number of imidazole rings is 1. The summed E-state index contributed by atoms with van der Waals surface area (Å²) in [5.74, 6) is 0.472. The van der Waals surface area contributed by atoms with Crippen molar-refractivity contribution in [1.29, 1.82) is 0 Å². The van der Waals surface area contributed by atoms with Gasteiger partial charge in [-0.2, -0.15) is 0 Å². The Hall–Kier alpha value is -4.35. The van der Waals surface area contributed by atoms with Crippen LogP contribution in [0.1, 0.15) is 25.6 Å². The third-order valence-electron chi connectivity index (χ3n) is 6.76. The number of aryl methyl sites for hydroxylation is 1. The quantitative estimate of drug-likeness (QED) is 0.201. The lowest BCUT2D eigenvalue weighted by Crippen LogP contribution is -1.99. The zero-order chi connectivity index (χ0) is 23.7. The first kappa shape index (κ1) is 20.1. The van der Waals surface area contributed by atoms with Gasteiger partial charge in [0, 0.05) is 28.6 Å². The molecule has 0 saturated carbocycles. The summed E-state index contributed by atoms with van der Waals surface area (Å²) < 4.78 is 2.07. The Balaban J connectivity index is 1.28. The third-order valence-corrected chi connectivity index (χ3v) is 7.72. The molecule has 6 aromatic rings. The van der Waals surface area contributed by atoms with Crippen molar-refractivity contribution in [3.05, 3.63) is 107 Å². The Morgan fingerprint density at radius 3 is 1.97 bits per heavy atom. The van der Waals surface area contributed by atoms with Crippen molar-refractivity contribution in [2.24, 2.45) is 7.05 Å². The Kier molecular flexibility index (Phi) is 4.20. The van der Waals surface area contributed by atoms with E-state index in [1.54, 1.807) is 6.08 Å². The number of aromatic nitrogens is 2. The highest BCUT2D eigenvalue weighted by Gasteiger charge is 2.33. The van der Waals surface area contributed by atoms with E-state index in [0.29, 0.717) is 11.1 Å². The van der Waals surface area contributed by atoms with Crippen molar-refractivity contribution in [3.8, 4) is 11.4 Å². The van der Waals surface area contributed by atoms with Gasteiger partial charge in [-0.3, -0.25) is 9.59 Å². The minimum Gasteiger partial charge on any atom is -0.326 e. The number of nitrogens with zero attached hydrogens (tertiary/aromatic N) is 2. The molecule has 0 amide bonds. The monoisotopic (exact) mass is 470 g/mol.